The lowest BCUT2D eigenvalue weighted by Crippen LogP contribution is -2.52. The van der Waals surface area contributed by atoms with Crippen LogP contribution in [0.1, 0.15) is 42.7 Å². The number of hydrogen-bond donors (Lipinski definition) is 0. The van der Waals surface area contributed by atoms with E-state index in [0.717, 1.165) is 31.1 Å². The Kier molecular flexibility index (Phi) is 4.04. The van der Waals surface area contributed by atoms with Crippen LogP contribution in [0.4, 0.5) is 5.69 Å². The number of piperidine rings is 1. The third-order valence-corrected chi connectivity index (χ3v) is 5.98. The summed E-state index contributed by atoms with van der Waals surface area (Å²) in [5.41, 5.74) is 3.94. The second-order valence-electron chi connectivity index (χ2n) is 7.25. The lowest BCUT2D eigenvalue weighted by atomic mass is 9.84. The van der Waals surface area contributed by atoms with E-state index in [-0.39, 0.29) is 0 Å². The van der Waals surface area contributed by atoms with Gasteiger partial charge in [-0.15, -0.1) is 0 Å². The molecule has 0 N–H and O–H groups in total. The summed E-state index contributed by atoms with van der Waals surface area (Å²) in [7, 11) is 0. The van der Waals surface area contributed by atoms with Crippen molar-refractivity contribution in [2.45, 2.75) is 51.6 Å². The van der Waals surface area contributed by atoms with E-state index >= 15 is 0 Å². The summed E-state index contributed by atoms with van der Waals surface area (Å²) in [6.45, 7) is 8.49. The number of rotatable bonds is 3. The minimum Gasteiger partial charge on any atom is -0.370 e. The molecule has 24 heavy (non-hydrogen) atoms. The molecule has 4 heterocycles. The third-order valence-electron chi connectivity index (χ3n) is 5.98. The number of pyridine rings is 1. The van der Waals surface area contributed by atoms with E-state index in [1.165, 1.54) is 43.5 Å². The predicted molar refractivity (Wildman–Crippen MR) is 94.0 cm³/mol. The number of aromatic nitrogens is 2. The molecule has 0 aromatic carbocycles. The van der Waals surface area contributed by atoms with Crippen molar-refractivity contribution in [1.82, 2.24) is 15.0 Å². The van der Waals surface area contributed by atoms with Gasteiger partial charge in [0.05, 0.1) is 17.6 Å². The molecular weight excluding hydrogens is 300 g/mol. The largest absolute Gasteiger partial charge is 0.370 e. The standard InChI is InChI=1S/C19H26N4O/c1-15-18(16(2)24-21-15)14-23-10-4-6-19(23)7-11-22(12-8-19)17-5-3-9-20-13-17/h3,5,9,13H,4,6-8,10-12,14H2,1-2H3. The Balaban J connectivity index is 1.47. The van der Waals surface area contributed by atoms with E-state index in [1.54, 1.807) is 0 Å². The van der Waals surface area contributed by atoms with Crippen molar-refractivity contribution < 1.29 is 4.52 Å². The molecule has 0 radical (unpaired) electrons. The molecule has 0 saturated carbocycles. The van der Waals surface area contributed by atoms with Gasteiger partial charge in [0.15, 0.2) is 0 Å². The van der Waals surface area contributed by atoms with Gasteiger partial charge in [0.1, 0.15) is 5.76 Å². The van der Waals surface area contributed by atoms with Crippen molar-refractivity contribution in [3.63, 3.8) is 0 Å². The summed E-state index contributed by atoms with van der Waals surface area (Å²) >= 11 is 0. The van der Waals surface area contributed by atoms with Gasteiger partial charge in [0.25, 0.3) is 0 Å². The van der Waals surface area contributed by atoms with Crippen molar-refractivity contribution in [3.8, 4) is 0 Å². The molecule has 0 aliphatic carbocycles. The summed E-state index contributed by atoms with van der Waals surface area (Å²) in [6, 6.07) is 4.19. The van der Waals surface area contributed by atoms with E-state index in [4.69, 9.17) is 4.52 Å². The van der Waals surface area contributed by atoms with Crippen LogP contribution in [0.5, 0.6) is 0 Å². The number of likely N-dealkylation sites (tertiary alicyclic amines) is 1. The maximum absolute atomic E-state index is 5.36. The average Bonchev–Trinajstić information content (AvgIpc) is 3.15. The number of hydrogen-bond acceptors (Lipinski definition) is 5. The molecule has 2 aliphatic heterocycles. The van der Waals surface area contributed by atoms with Crippen LogP contribution in [-0.2, 0) is 6.54 Å². The molecule has 2 aromatic heterocycles. The van der Waals surface area contributed by atoms with Crippen molar-refractivity contribution >= 4 is 5.69 Å². The highest BCUT2D eigenvalue weighted by Gasteiger charge is 2.43. The van der Waals surface area contributed by atoms with Gasteiger partial charge in [0, 0.05) is 36.9 Å². The highest BCUT2D eigenvalue weighted by atomic mass is 16.5. The Bertz CT molecular complexity index is 669. The molecule has 0 atom stereocenters. The fourth-order valence-electron chi connectivity index (χ4n) is 4.45. The second-order valence-corrected chi connectivity index (χ2v) is 7.25. The van der Waals surface area contributed by atoms with Gasteiger partial charge >= 0.3 is 0 Å². The van der Waals surface area contributed by atoms with Gasteiger partial charge in [-0.2, -0.15) is 0 Å². The van der Waals surface area contributed by atoms with Crippen molar-refractivity contribution in [1.29, 1.82) is 0 Å². The Morgan fingerprint density at radius 3 is 2.67 bits per heavy atom. The SMILES string of the molecule is Cc1noc(C)c1CN1CCCC12CCN(c1cccnc1)CC2. The van der Waals surface area contributed by atoms with E-state index in [1.807, 2.05) is 25.4 Å². The maximum Gasteiger partial charge on any atom is 0.138 e. The zero-order chi connectivity index (χ0) is 16.6. The van der Waals surface area contributed by atoms with Crippen LogP contribution < -0.4 is 4.90 Å². The van der Waals surface area contributed by atoms with Crippen molar-refractivity contribution in [2.75, 3.05) is 24.5 Å². The Hall–Kier alpha value is -1.88. The fourth-order valence-corrected chi connectivity index (χ4v) is 4.45. The normalized spacial score (nSPS) is 20.8. The van der Waals surface area contributed by atoms with Gasteiger partial charge in [-0.3, -0.25) is 9.88 Å². The zero-order valence-electron chi connectivity index (χ0n) is 14.7. The van der Waals surface area contributed by atoms with E-state index in [9.17, 15) is 0 Å². The molecule has 5 nitrogen and oxygen atoms in total. The molecule has 128 valence electrons. The quantitative estimate of drug-likeness (QED) is 0.866. The van der Waals surface area contributed by atoms with Gasteiger partial charge in [-0.1, -0.05) is 5.16 Å². The topological polar surface area (TPSA) is 45.4 Å². The van der Waals surface area contributed by atoms with Crippen molar-refractivity contribution in [2.24, 2.45) is 0 Å². The molecule has 0 bridgehead atoms. The zero-order valence-corrected chi connectivity index (χ0v) is 14.7. The van der Waals surface area contributed by atoms with Crippen LogP contribution >= 0.6 is 0 Å². The van der Waals surface area contributed by atoms with E-state index in [0.29, 0.717) is 5.54 Å². The molecule has 0 amide bonds. The lowest BCUT2D eigenvalue weighted by molar-refractivity contribution is 0.0991. The molecule has 4 rings (SSSR count). The molecule has 2 aliphatic rings. The van der Waals surface area contributed by atoms with Gasteiger partial charge in [-0.25, -0.2) is 0 Å². The van der Waals surface area contributed by atoms with Gasteiger partial charge in [0.2, 0.25) is 0 Å². The second kappa shape index (κ2) is 6.20. The van der Waals surface area contributed by atoms with Crippen LogP contribution in [0, 0.1) is 13.8 Å². The molecule has 2 fully saturated rings. The molecule has 5 heteroatoms. The summed E-state index contributed by atoms with van der Waals surface area (Å²) in [6.07, 6.45) is 8.90. The predicted octanol–water partition coefficient (Wildman–Crippen LogP) is 3.32. The van der Waals surface area contributed by atoms with E-state index in [2.05, 4.69) is 32.9 Å². The first-order chi connectivity index (χ1) is 11.7. The highest BCUT2D eigenvalue weighted by Crippen LogP contribution is 2.40. The number of anilines is 1. The van der Waals surface area contributed by atoms with E-state index < -0.39 is 0 Å². The van der Waals surface area contributed by atoms with Gasteiger partial charge in [-0.05, 0) is 58.2 Å². The van der Waals surface area contributed by atoms with Gasteiger partial charge < -0.3 is 9.42 Å². The first-order valence-corrected chi connectivity index (χ1v) is 9.00. The molecule has 1 spiro atoms. The molecular formula is C19H26N4O. The Morgan fingerprint density at radius 1 is 1.17 bits per heavy atom. The summed E-state index contributed by atoms with van der Waals surface area (Å²) < 4.78 is 5.36. The third kappa shape index (κ3) is 2.71. The summed E-state index contributed by atoms with van der Waals surface area (Å²) in [5, 5.41) is 4.13. The Labute approximate surface area is 143 Å². The van der Waals surface area contributed by atoms with Crippen LogP contribution in [0.25, 0.3) is 0 Å². The summed E-state index contributed by atoms with van der Waals surface area (Å²) in [5.74, 6) is 0.974. The lowest BCUT2D eigenvalue weighted by Gasteiger charge is -2.45. The Morgan fingerprint density at radius 2 is 2.00 bits per heavy atom. The minimum absolute atomic E-state index is 0.356. The monoisotopic (exact) mass is 326 g/mol. The highest BCUT2D eigenvalue weighted by molar-refractivity contribution is 5.44. The first-order valence-electron chi connectivity index (χ1n) is 9.00. The maximum atomic E-state index is 5.36. The fraction of sp³-hybridized carbons (Fsp3) is 0.579. The molecule has 0 unspecified atom stereocenters. The molecule has 2 saturated heterocycles. The summed E-state index contributed by atoms with van der Waals surface area (Å²) in [4.78, 5) is 9.44. The minimum atomic E-state index is 0.356. The average molecular weight is 326 g/mol. The first kappa shape index (κ1) is 15.6. The molecule has 2 aromatic rings. The number of aryl methyl sites for hydroxylation is 2. The smallest absolute Gasteiger partial charge is 0.138 e. The van der Waals surface area contributed by atoms with Crippen LogP contribution in [0.3, 0.4) is 0 Å². The van der Waals surface area contributed by atoms with Crippen LogP contribution in [-0.4, -0.2) is 40.2 Å². The van der Waals surface area contributed by atoms with Crippen molar-refractivity contribution in [3.05, 3.63) is 41.5 Å². The van der Waals surface area contributed by atoms with Crippen LogP contribution in [0.15, 0.2) is 29.0 Å². The number of nitrogens with zero attached hydrogens (tertiary/aromatic N) is 4. The van der Waals surface area contributed by atoms with Crippen LogP contribution in [0.2, 0.25) is 0 Å².